The number of carboxylic acid groups (broad SMARTS) is 1. The Kier molecular flexibility index (Phi) is 4.40. The number of rotatable bonds is 4. The van der Waals surface area contributed by atoms with Crippen LogP contribution in [0.5, 0.6) is 0 Å². The molecule has 0 aromatic heterocycles. The highest BCUT2D eigenvalue weighted by atomic mass is 16.4. The molecule has 78 valence electrons. The Labute approximate surface area is 80.7 Å². The van der Waals surface area contributed by atoms with E-state index in [-0.39, 0.29) is 12.0 Å². The van der Waals surface area contributed by atoms with Crippen molar-refractivity contribution in [2.24, 2.45) is 0 Å². The first-order chi connectivity index (χ1) is 5.75. The Morgan fingerprint density at radius 1 is 1.38 bits per heavy atom. The number of carbonyl (C=O) groups is 1. The van der Waals surface area contributed by atoms with Crippen LogP contribution in [0.25, 0.3) is 0 Å². The van der Waals surface area contributed by atoms with Gasteiger partial charge in [-0.05, 0) is 34.6 Å². The molecule has 3 heteroatoms. The molecule has 0 amide bonds. The van der Waals surface area contributed by atoms with Crippen molar-refractivity contribution in [3.05, 3.63) is 0 Å². The van der Waals surface area contributed by atoms with Crippen molar-refractivity contribution in [1.29, 1.82) is 0 Å². The summed E-state index contributed by atoms with van der Waals surface area (Å²) < 4.78 is 0. The molecule has 0 spiro atoms. The van der Waals surface area contributed by atoms with Crippen molar-refractivity contribution >= 4 is 5.97 Å². The van der Waals surface area contributed by atoms with Gasteiger partial charge in [0.15, 0.2) is 0 Å². The number of nitrogens with zero attached hydrogens (tertiary/aromatic N) is 1. The summed E-state index contributed by atoms with van der Waals surface area (Å²) in [5.41, 5.74) is 0.0453. The van der Waals surface area contributed by atoms with Gasteiger partial charge in [0.05, 0.1) is 6.42 Å². The number of hydrogen-bond donors (Lipinski definition) is 1. The maximum absolute atomic E-state index is 10.4. The van der Waals surface area contributed by atoms with E-state index < -0.39 is 5.97 Å². The molecule has 0 aliphatic heterocycles. The molecular formula is C10H21NO2. The topological polar surface area (TPSA) is 40.5 Å². The first-order valence-electron chi connectivity index (χ1n) is 4.73. The molecule has 13 heavy (non-hydrogen) atoms. The van der Waals surface area contributed by atoms with Gasteiger partial charge in [0.2, 0.25) is 0 Å². The van der Waals surface area contributed by atoms with Crippen LogP contribution in [0.3, 0.4) is 0 Å². The minimum atomic E-state index is -0.727. The molecular weight excluding hydrogens is 166 g/mol. The lowest BCUT2D eigenvalue weighted by molar-refractivity contribution is -0.137. The van der Waals surface area contributed by atoms with Crippen LogP contribution in [-0.2, 0) is 4.79 Å². The molecule has 1 N–H and O–H groups in total. The van der Waals surface area contributed by atoms with Crippen LogP contribution in [0.4, 0.5) is 0 Å². The SMILES string of the molecule is CC(C)N(CCC(=O)O)C(C)(C)C. The van der Waals surface area contributed by atoms with Gasteiger partial charge >= 0.3 is 5.97 Å². The molecule has 0 aliphatic rings. The van der Waals surface area contributed by atoms with E-state index in [0.29, 0.717) is 12.6 Å². The highest BCUT2D eigenvalue weighted by Crippen LogP contribution is 2.16. The Balaban J connectivity index is 4.20. The fourth-order valence-corrected chi connectivity index (χ4v) is 1.58. The number of carboxylic acids is 1. The molecule has 0 aromatic carbocycles. The van der Waals surface area contributed by atoms with Crippen LogP contribution in [0.1, 0.15) is 41.0 Å². The maximum atomic E-state index is 10.4. The quantitative estimate of drug-likeness (QED) is 0.731. The van der Waals surface area contributed by atoms with E-state index in [4.69, 9.17) is 5.11 Å². The zero-order valence-corrected chi connectivity index (χ0v) is 9.29. The molecule has 0 saturated carbocycles. The summed E-state index contributed by atoms with van der Waals surface area (Å²) >= 11 is 0. The smallest absolute Gasteiger partial charge is 0.304 e. The molecule has 0 unspecified atom stereocenters. The van der Waals surface area contributed by atoms with Gasteiger partial charge in [0.1, 0.15) is 0 Å². The average Bonchev–Trinajstić information content (AvgIpc) is 1.81. The van der Waals surface area contributed by atoms with Crippen LogP contribution in [0.2, 0.25) is 0 Å². The Morgan fingerprint density at radius 3 is 2.08 bits per heavy atom. The lowest BCUT2D eigenvalue weighted by atomic mass is 10.0. The zero-order valence-electron chi connectivity index (χ0n) is 9.29. The molecule has 0 bridgehead atoms. The van der Waals surface area contributed by atoms with Gasteiger partial charge < -0.3 is 5.11 Å². The van der Waals surface area contributed by atoms with Crippen molar-refractivity contribution in [3.63, 3.8) is 0 Å². The molecule has 0 rings (SSSR count). The monoisotopic (exact) mass is 187 g/mol. The lowest BCUT2D eigenvalue weighted by Gasteiger charge is -2.38. The van der Waals surface area contributed by atoms with Crippen molar-refractivity contribution in [3.8, 4) is 0 Å². The molecule has 0 fully saturated rings. The summed E-state index contributed by atoms with van der Waals surface area (Å²) in [7, 11) is 0. The van der Waals surface area contributed by atoms with E-state index in [1.54, 1.807) is 0 Å². The Hall–Kier alpha value is -0.570. The lowest BCUT2D eigenvalue weighted by Crippen LogP contribution is -2.46. The van der Waals surface area contributed by atoms with Crippen LogP contribution >= 0.6 is 0 Å². The predicted molar refractivity (Wildman–Crippen MR) is 53.8 cm³/mol. The first-order valence-corrected chi connectivity index (χ1v) is 4.73. The summed E-state index contributed by atoms with van der Waals surface area (Å²) in [5, 5.41) is 8.58. The summed E-state index contributed by atoms with van der Waals surface area (Å²) in [5.74, 6) is -0.727. The second-order valence-corrected chi connectivity index (χ2v) is 4.60. The van der Waals surface area contributed by atoms with E-state index in [1.165, 1.54) is 0 Å². The van der Waals surface area contributed by atoms with E-state index in [9.17, 15) is 4.79 Å². The normalized spacial score (nSPS) is 12.5. The molecule has 0 radical (unpaired) electrons. The van der Waals surface area contributed by atoms with Crippen LogP contribution in [0.15, 0.2) is 0 Å². The van der Waals surface area contributed by atoms with Crippen molar-refractivity contribution in [1.82, 2.24) is 4.90 Å². The van der Waals surface area contributed by atoms with E-state index >= 15 is 0 Å². The van der Waals surface area contributed by atoms with Gasteiger partial charge in [-0.2, -0.15) is 0 Å². The maximum Gasteiger partial charge on any atom is 0.304 e. The Morgan fingerprint density at radius 2 is 1.85 bits per heavy atom. The van der Waals surface area contributed by atoms with Gasteiger partial charge in [-0.1, -0.05) is 0 Å². The van der Waals surface area contributed by atoms with Gasteiger partial charge in [-0.3, -0.25) is 9.69 Å². The summed E-state index contributed by atoms with van der Waals surface area (Å²) in [4.78, 5) is 12.6. The minimum absolute atomic E-state index is 0.0453. The number of hydrogen-bond acceptors (Lipinski definition) is 2. The van der Waals surface area contributed by atoms with E-state index in [2.05, 4.69) is 39.5 Å². The molecule has 0 aliphatic carbocycles. The molecule has 0 atom stereocenters. The molecule has 0 aromatic rings. The van der Waals surface area contributed by atoms with E-state index in [1.807, 2.05) is 0 Å². The predicted octanol–water partition coefficient (Wildman–Crippen LogP) is 1.97. The standard InChI is InChI=1S/C10H21NO2/c1-8(2)11(10(3,4)5)7-6-9(12)13/h8H,6-7H2,1-5H3,(H,12,13). The minimum Gasteiger partial charge on any atom is -0.481 e. The summed E-state index contributed by atoms with van der Waals surface area (Å²) in [6, 6.07) is 0.388. The summed E-state index contributed by atoms with van der Waals surface area (Å²) in [6.45, 7) is 11.1. The van der Waals surface area contributed by atoms with Crippen LogP contribution in [0, 0.1) is 0 Å². The largest absolute Gasteiger partial charge is 0.481 e. The second-order valence-electron chi connectivity index (χ2n) is 4.60. The molecule has 3 nitrogen and oxygen atoms in total. The Bertz CT molecular complexity index is 170. The van der Waals surface area contributed by atoms with Crippen LogP contribution < -0.4 is 0 Å². The fourth-order valence-electron chi connectivity index (χ4n) is 1.58. The van der Waals surface area contributed by atoms with Gasteiger partial charge in [0, 0.05) is 18.1 Å². The third-order valence-corrected chi connectivity index (χ3v) is 2.05. The van der Waals surface area contributed by atoms with Gasteiger partial charge in [-0.15, -0.1) is 0 Å². The molecule has 0 saturated heterocycles. The van der Waals surface area contributed by atoms with Gasteiger partial charge in [-0.25, -0.2) is 0 Å². The highest BCUT2D eigenvalue weighted by molar-refractivity contribution is 5.66. The fraction of sp³-hybridized carbons (Fsp3) is 0.900. The van der Waals surface area contributed by atoms with Crippen molar-refractivity contribution in [2.75, 3.05) is 6.54 Å². The van der Waals surface area contributed by atoms with Crippen molar-refractivity contribution in [2.45, 2.75) is 52.6 Å². The average molecular weight is 187 g/mol. The third-order valence-electron chi connectivity index (χ3n) is 2.05. The second kappa shape index (κ2) is 4.61. The van der Waals surface area contributed by atoms with Crippen LogP contribution in [-0.4, -0.2) is 34.1 Å². The van der Waals surface area contributed by atoms with Gasteiger partial charge in [0.25, 0.3) is 0 Å². The number of aliphatic carboxylic acids is 1. The molecule has 0 heterocycles. The third kappa shape index (κ3) is 4.88. The zero-order chi connectivity index (χ0) is 10.6. The van der Waals surface area contributed by atoms with E-state index in [0.717, 1.165) is 0 Å². The summed E-state index contributed by atoms with van der Waals surface area (Å²) in [6.07, 6.45) is 0.218. The highest BCUT2D eigenvalue weighted by Gasteiger charge is 2.23. The van der Waals surface area contributed by atoms with Crippen molar-refractivity contribution < 1.29 is 9.90 Å². The first kappa shape index (κ1) is 12.4.